The van der Waals surface area contributed by atoms with Crippen molar-refractivity contribution in [2.75, 3.05) is 6.61 Å². The van der Waals surface area contributed by atoms with Crippen LogP contribution in [0.4, 0.5) is 0 Å². The topological polar surface area (TPSA) is 29.5 Å². The quantitative estimate of drug-likeness (QED) is 0.792. The molecule has 1 N–H and O–H groups in total. The molecule has 0 atom stereocenters. The molecule has 0 radical (unpaired) electrons. The standard InChI is InChI=1S/C12H16O2/c1-2-14-11-5-3-10(4-6-11)9-12(13)7-8-12/h3-6,13H,2,7-9H2,1H3. The Morgan fingerprint density at radius 3 is 2.43 bits per heavy atom. The minimum Gasteiger partial charge on any atom is -0.494 e. The highest BCUT2D eigenvalue weighted by Gasteiger charge is 2.39. The molecule has 76 valence electrons. The molecule has 1 aliphatic rings. The SMILES string of the molecule is CCOc1ccc(CC2(O)CC2)cc1. The van der Waals surface area contributed by atoms with Crippen molar-refractivity contribution in [2.45, 2.75) is 31.8 Å². The maximum atomic E-state index is 9.72. The molecule has 1 fully saturated rings. The van der Waals surface area contributed by atoms with Crippen LogP contribution in [0, 0.1) is 0 Å². The summed E-state index contributed by atoms with van der Waals surface area (Å²) in [6.07, 6.45) is 2.67. The number of hydrogen-bond acceptors (Lipinski definition) is 2. The Morgan fingerprint density at radius 1 is 1.29 bits per heavy atom. The zero-order valence-electron chi connectivity index (χ0n) is 8.49. The van der Waals surface area contributed by atoms with Crippen LogP contribution in [0.25, 0.3) is 0 Å². The average molecular weight is 192 g/mol. The van der Waals surface area contributed by atoms with Gasteiger partial charge >= 0.3 is 0 Å². The number of hydrogen-bond donors (Lipinski definition) is 1. The van der Waals surface area contributed by atoms with Crippen LogP contribution < -0.4 is 4.74 Å². The number of aliphatic hydroxyl groups is 1. The largest absolute Gasteiger partial charge is 0.494 e. The maximum Gasteiger partial charge on any atom is 0.119 e. The van der Waals surface area contributed by atoms with Gasteiger partial charge in [-0.15, -0.1) is 0 Å². The van der Waals surface area contributed by atoms with Gasteiger partial charge in [-0.25, -0.2) is 0 Å². The third-order valence-corrected chi connectivity index (χ3v) is 2.59. The molecule has 0 saturated heterocycles. The van der Waals surface area contributed by atoms with Gasteiger partial charge in [-0.1, -0.05) is 12.1 Å². The summed E-state index contributed by atoms with van der Waals surface area (Å²) in [6.45, 7) is 2.67. The first-order chi connectivity index (χ1) is 6.72. The molecular weight excluding hydrogens is 176 g/mol. The fourth-order valence-electron chi connectivity index (χ4n) is 1.57. The van der Waals surface area contributed by atoms with Crippen LogP contribution in [-0.2, 0) is 6.42 Å². The van der Waals surface area contributed by atoms with Gasteiger partial charge in [0.05, 0.1) is 12.2 Å². The van der Waals surface area contributed by atoms with E-state index >= 15 is 0 Å². The molecule has 2 heteroatoms. The molecular formula is C12H16O2. The maximum absolute atomic E-state index is 9.72. The molecule has 1 aromatic rings. The van der Waals surface area contributed by atoms with E-state index in [1.807, 2.05) is 31.2 Å². The van der Waals surface area contributed by atoms with Crippen molar-refractivity contribution in [3.63, 3.8) is 0 Å². The summed E-state index contributed by atoms with van der Waals surface area (Å²) < 4.78 is 5.34. The second-order valence-electron chi connectivity index (χ2n) is 3.98. The van der Waals surface area contributed by atoms with Gasteiger partial charge in [0.2, 0.25) is 0 Å². The lowest BCUT2D eigenvalue weighted by atomic mass is 10.1. The Balaban J connectivity index is 1.99. The van der Waals surface area contributed by atoms with E-state index in [1.165, 1.54) is 5.56 Å². The first kappa shape index (κ1) is 9.53. The van der Waals surface area contributed by atoms with E-state index < -0.39 is 5.60 Å². The van der Waals surface area contributed by atoms with Crippen LogP contribution in [0.1, 0.15) is 25.3 Å². The van der Waals surface area contributed by atoms with Crippen molar-refractivity contribution in [2.24, 2.45) is 0 Å². The Bertz CT molecular complexity index is 299. The Labute approximate surface area is 84.5 Å². The van der Waals surface area contributed by atoms with Crippen molar-refractivity contribution >= 4 is 0 Å². The van der Waals surface area contributed by atoms with Gasteiger partial charge in [-0.05, 0) is 37.5 Å². The van der Waals surface area contributed by atoms with E-state index in [-0.39, 0.29) is 0 Å². The first-order valence-corrected chi connectivity index (χ1v) is 5.16. The molecule has 0 bridgehead atoms. The van der Waals surface area contributed by atoms with Crippen molar-refractivity contribution in [3.05, 3.63) is 29.8 Å². The van der Waals surface area contributed by atoms with Gasteiger partial charge < -0.3 is 9.84 Å². The molecule has 1 aromatic carbocycles. The van der Waals surface area contributed by atoms with Crippen molar-refractivity contribution in [1.82, 2.24) is 0 Å². The van der Waals surface area contributed by atoms with Gasteiger partial charge in [0, 0.05) is 6.42 Å². The van der Waals surface area contributed by atoms with E-state index in [2.05, 4.69) is 0 Å². The van der Waals surface area contributed by atoms with Crippen molar-refractivity contribution in [3.8, 4) is 5.75 Å². The van der Waals surface area contributed by atoms with Gasteiger partial charge in [0.25, 0.3) is 0 Å². The van der Waals surface area contributed by atoms with Crippen molar-refractivity contribution in [1.29, 1.82) is 0 Å². The van der Waals surface area contributed by atoms with Crippen LogP contribution in [0.5, 0.6) is 5.75 Å². The molecule has 1 saturated carbocycles. The third kappa shape index (κ3) is 2.26. The molecule has 0 aromatic heterocycles. The molecule has 2 nitrogen and oxygen atoms in total. The first-order valence-electron chi connectivity index (χ1n) is 5.16. The molecule has 0 unspecified atom stereocenters. The molecule has 2 rings (SSSR count). The third-order valence-electron chi connectivity index (χ3n) is 2.59. The molecule has 0 heterocycles. The van der Waals surface area contributed by atoms with E-state index in [4.69, 9.17) is 4.74 Å². The minimum absolute atomic E-state index is 0.396. The summed E-state index contributed by atoms with van der Waals surface area (Å²) in [4.78, 5) is 0. The Hall–Kier alpha value is -1.02. The van der Waals surface area contributed by atoms with Crippen LogP contribution in [0.2, 0.25) is 0 Å². The van der Waals surface area contributed by atoms with Crippen LogP contribution in [-0.4, -0.2) is 17.3 Å². The summed E-state index contributed by atoms with van der Waals surface area (Å²) in [7, 11) is 0. The summed E-state index contributed by atoms with van der Waals surface area (Å²) in [5, 5.41) is 9.72. The number of rotatable bonds is 4. The molecule has 0 spiro atoms. The van der Waals surface area contributed by atoms with E-state index in [0.29, 0.717) is 6.61 Å². The van der Waals surface area contributed by atoms with Gasteiger partial charge in [-0.2, -0.15) is 0 Å². The summed E-state index contributed by atoms with van der Waals surface area (Å²) in [5.74, 6) is 0.902. The predicted molar refractivity (Wildman–Crippen MR) is 55.5 cm³/mol. The lowest BCUT2D eigenvalue weighted by Crippen LogP contribution is -2.10. The van der Waals surface area contributed by atoms with E-state index in [9.17, 15) is 5.11 Å². The zero-order chi connectivity index (χ0) is 10.0. The normalized spacial score (nSPS) is 17.9. The average Bonchev–Trinajstić information content (AvgIpc) is 2.88. The number of benzene rings is 1. The van der Waals surface area contributed by atoms with E-state index in [0.717, 1.165) is 25.0 Å². The second kappa shape index (κ2) is 3.62. The zero-order valence-corrected chi connectivity index (χ0v) is 8.49. The highest BCUT2D eigenvalue weighted by Crippen LogP contribution is 2.38. The fourth-order valence-corrected chi connectivity index (χ4v) is 1.57. The Morgan fingerprint density at radius 2 is 1.93 bits per heavy atom. The van der Waals surface area contributed by atoms with Gasteiger partial charge in [0.15, 0.2) is 0 Å². The van der Waals surface area contributed by atoms with E-state index in [1.54, 1.807) is 0 Å². The van der Waals surface area contributed by atoms with Gasteiger partial charge in [0.1, 0.15) is 5.75 Å². The highest BCUT2D eigenvalue weighted by molar-refractivity contribution is 5.28. The van der Waals surface area contributed by atoms with Crippen LogP contribution >= 0.6 is 0 Å². The van der Waals surface area contributed by atoms with Crippen LogP contribution in [0.15, 0.2) is 24.3 Å². The molecule has 14 heavy (non-hydrogen) atoms. The summed E-state index contributed by atoms with van der Waals surface area (Å²) >= 11 is 0. The molecule has 0 aliphatic heterocycles. The summed E-state index contributed by atoms with van der Waals surface area (Å²) in [5.41, 5.74) is 0.793. The highest BCUT2D eigenvalue weighted by atomic mass is 16.5. The molecule has 1 aliphatic carbocycles. The minimum atomic E-state index is -0.396. The lowest BCUT2D eigenvalue weighted by Gasteiger charge is -2.08. The van der Waals surface area contributed by atoms with Gasteiger partial charge in [-0.3, -0.25) is 0 Å². The number of ether oxygens (including phenoxy) is 1. The smallest absolute Gasteiger partial charge is 0.119 e. The lowest BCUT2D eigenvalue weighted by molar-refractivity contribution is 0.151. The van der Waals surface area contributed by atoms with Crippen molar-refractivity contribution < 1.29 is 9.84 Å². The fraction of sp³-hybridized carbons (Fsp3) is 0.500. The molecule has 0 amide bonds. The second-order valence-corrected chi connectivity index (χ2v) is 3.98. The Kier molecular flexibility index (Phi) is 2.46. The predicted octanol–water partition coefficient (Wildman–Crippen LogP) is 2.15. The monoisotopic (exact) mass is 192 g/mol. The summed E-state index contributed by atoms with van der Waals surface area (Å²) in [6, 6.07) is 7.98. The van der Waals surface area contributed by atoms with Crippen LogP contribution in [0.3, 0.4) is 0 Å².